The van der Waals surface area contributed by atoms with Crippen LogP contribution < -0.4 is 5.32 Å². The largest absolute Gasteiger partial charge is 0.444 e. The first kappa shape index (κ1) is 18.0. The number of anilines is 1. The summed E-state index contributed by atoms with van der Waals surface area (Å²) >= 11 is 8.33. The molecule has 0 radical (unpaired) electrons. The van der Waals surface area contributed by atoms with E-state index < -0.39 is 0 Å². The Bertz CT molecular complexity index is 1080. The van der Waals surface area contributed by atoms with Crippen LogP contribution in [0, 0.1) is 12.8 Å². The van der Waals surface area contributed by atoms with Crippen LogP contribution in [0.3, 0.4) is 0 Å². The number of nitrogens with zero attached hydrogens (tertiary/aromatic N) is 4. The standard InChI is InChI=1S/C19H20ClN5OS/c1-10(2)12(4)23-18-14(15-11(3)5-8-27-15)16(20)24-17-13(9-22-25(17)18)19-21-6-7-26-19/h5-10,12,23H,1-4H3. The molecule has 0 saturated carbocycles. The summed E-state index contributed by atoms with van der Waals surface area (Å²) in [6.07, 6.45) is 4.84. The molecule has 1 atom stereocenters. The molecule has 0 spiro atoms. The van der Waals surface area contributed by atoms with Crippen molar-refractivity contribution in [3.63, 3.8) is 0 Å². The fourth-order valence-corrected chi connectivity index (χ4v) is 4.11. The maximum Gasteiger partial charge on any atom is 0.231 e. The van der Waals surface area contributed by atoms with Gasteiger partial charge in [-0.25, -0.2) is 9.97 Å². The average molecular weight is 402 g/mol. The molecule has 0 aliphatic heterocycles. The lowest BCUT2D eigenvalue weighted by Crippen LogP contribution is -2.24. The Morgan fingerprint density at radius 3 is 2.74 bits per heavy atom. The molecule has 0 saturated heterocycles. The van der Waals surface area contributed by atoms with Gasteiger partial charge >= 0.3 is 0 Å². The van der Waals surface area contributed by atoms with Crippen molar-refractivity contribution in [1.29, 1.82) is 0 Å². The number of halogens is 1. The van der Waals surface area contributed by atoms with Crippen LogP contribution in [0.2, 0.25) is 5.15 Å². The number of nitrogens with one attached hydrogen (secondary N) is 1. The minimum absolute atomic E-state index is 0.222. The summed E-state index contributed by atoms with van der Waals surface area (Å²) in [5.41, 5.74) is 3.34. The molecule has 0 aliphatic carbocycles. The van der Waals surface area contributed by atoms with E-state index in [4.69, 9.17) is 16.0 Å². The molecule has 0 aromatic carbocycles. The topological polar surface area (TPSA) is 68.2 Å². The van der Waals surface area contributed by atoms with Gasteiger partial charge in [0, 0.05) is 10.9 Å². The SMILES string of the molecule is Cc1ccsc1-c1c(Cl)nc2c(-c3ncco3)cnn2c1NC(C)C(C)C. The number of oxazole rings is 1. The highest BCUT2D eigenvalue weighted by atomic mass is 35.5. The van der Waals surface area contributed by atoms with Gasteiger partial charge in [-0.3, -0.25) is 0 Å². The van der Waals surface area contributed by atoms with Crippen molar-refractivity contribution in [2.45, 2.75) is 33.7 Å². The normalized spacial score (nSPS) is 12.8. The molecule has 4 aromatic heterocycles. The summed E-state index contributed by atoms with van der Waals surface area (Å²) in [7, 11) is 0. The van der Waals surface area contributed by atoms with E-state index in [2.05, 4.69) is 59.5 Å². The third kappa shape index (κ3) is 3.11. The van der Waals surface area contributed by atoms with E-state index in [1.807, 2.05) is 0 Å². The van der Waals surface area contributed by atoms with Crippen LogP contribution in [0.25, 0.3) is 27.5 Å². The highest BCUT2D eigenvalue weighted by Crippen LogP contribution is 2.41. The minimum Gasteiger partial charge on any atom is -0.444 e. The Morgan fingerprint density at radius 2 is 2.11 bits per heavy atom. The fourth-order valence-electron chi connectivity index (χ4n) is 2.82. The summed E-state index contributed by atoms with van der Waals surface area (Å²) in [4.78, 5) is 9.94. The van der Waals surface area contributed by atoms with Crippen molar-refractivity contribution in [3.8, 4) is 21.9 Å². The molecule has 6 nitrogen and oxygen atoms in total. The van der Waals surface area contributed by atoms with Crippen molar-refractivity contribution < 1.29 is 4.42 Å². The first-order valence-electron chi connectivity index (χ1n) is 8.75. The molecule has 4 aromatic rings. The Labute approximate surface area is 166 Å². The van der Waals surface area contributed by atoms with Crippen molar-refractivity contribution >= 4 is 34.4 Å². The second-order valence-electron chi connectivity index (χ2n) is 6.87. The first-order chi connectivity index (χ1) is 13.0. The molecule has 1 unspecified atom stereocenters. The summed E-state index contributed by atoms with van der Waals surface area (Å²) in [5.74, 6) is 1.73. The summed E-state index contributed by atoms with van der Waals surface area (Å²) < 4.78 is 7.23. The third-order valence-corrected chi connectivity index (χ3v) is 6.03. The van der Waals surface area contributed by atoms with Gasteiger partial charge in [0.1, 0.15) is 22.8 Å². The van der Waals surface area contributed by atoms with Gasteiger partial charge in [-0.2, -0.15) is 9.61 Å². The van der Waals surface area contributed by atoms with Crippen LogP contribution in [0.4, 0.5) is 5.82 Å². The van der Waals surface area contributed by atoms with Gasteiger partial charge in [0.05, 0.1) is 18.0 Å². The average Bonchev–Trinajstić information content (AvgIpc) is 3.35. The van der Waals surface area contributed by atoms with Crippen LogP contribution in [-0.2, 0) is 0 Å². The lowest BCUT2D eigenvalue weighted by molar-refractivity contribution is 0.556. The van der Waals surface area contributed by atoms with Crippen LogP contribution >= 0.6 is 22.9 Å². The second kappa shape index (κ2) is 6.98. The van der Waals surface area contributed by atoms with Gasteiger partial charge in [0.15, 0.2) is 5.65 Å². The van der Waals surface area contributed by atoms with E-state index in [0.717, 1.165) is 21.8 Å². The van der Waals surface area contributed by atoms with Gasteiger partial charge < -0.3 is 9.73 Å². The van der Waals surface area contributed by atoms with Crippen LogP contribution in [0.1, 0.15) is 26.3 Å². The quantitative estimate of drug-likeness (QED) is 0.445. The Kier molecular flexibility index (Phi) is 4.65. The van der Waals surface area contributed by atoms with Crippen molar-refractivity contribution in [1.82, 2.24) is 19.6 Å². The number of hydrogen-bond donors (Lipinski definition) is 1. The minimum atomic E-state index is 0.222. The number of aromatic nitrogens is 4. The molecule has 0 fully saturated rings. The molecular weight excluding hydrogens is 382 g/mol. The maximum absolute atomic E-state index is 6.69. The van der Waals surface area contributed by atoms with E-state index >= 15 is 0 Å². The van der Waals surface area contributed by atoms with Crippen LogP contribution in [-0.4, -0.2) is 25.6 Å². The zero-order chi connectivity index (χ0) is 19.1. The molecule has 140 valence electrons. The smallest absolute Gasteiger partial charge is 0.231 e. The summed E-state index contributed by atoms with van der Waals surface area (Å²) in [6.45, 7) is 8.57. The molecule has 27 heavy (non-hydrogen) atoms. The van der Waals surface area contributed by atoms with Gasteiger partial charge in [-0.1, -0.05) is 25.4 Å². The molecule has 1 N–H and O–H groups in total. The predicted octanol–water partition coefficient (Wildman–Crippen LogP) is 5.53. The number of aryl methyl sites for hydroxylation is 1. The number of fused-ring (bicyclic) bond motifs is 1. The molecule has 0 amide bonds. The molecule has 0 aliphatic rings. The Morgan fingerprint density at radius 1 is 1.30 bits per heavy atom. The van der Waals surface area contributed by atoms with Crippen molar-refractivity contribution in [2.24, 2.45) is 5.92 Å². The second-order valence-corrected chi connectivity index (χ2v) is 8.14. The van der Waals surface area contributed by atoms with E-state index in [1.54, 1.807) is 28.2 Å². The van der Waals surface area contributed by atoms with Gasteiger partial charge in [0.25, 0.3) is 0 Å². The highest BCUT2D eigenvalue weighted by molar-refractivity contribution is 7.13. The van der Waals surface area contributed by atoms with Crippen LogP contribution in [0.5, 0.6) is 0 Å². The molecule has 4 rings (SSSR count). The maximum atomic E-state index is 6.69. The molecular formula is C19H20ClN5OS. The van der Waals surface area contributed by atoms with E-state index in [-0.39, 0.29) is 6.04 Å². The van der Waals surface area contributed by atoms with E-state index in [9.17, 15) is 0 Å². The van der Waals surface area contributed by atoms with Gasteiger partial charge in [-0.05, 0) is 36.8 Å². The molecule has 8 heteroatoms. The first-order valence-corrected chi connectivity index (χ1v) is 10.0. The zero-order valence-corrected chi connectivity index (χ0v) is 17.1. The van der Waals surface area contributed by atoms with Crippen LogP contribution in [0.15, 0.2) is 34.5 Å². The number of hydrogen-bond acceptors (Lipinski definition) is 6. The third-order valence-electron chi connectivity index (χ3n) is 4.72. The Balaban J connectivity index is 1.99. The van der Waals surface area contributed by atoms with Crippen molar-refractivity contribution in [2.75, 3.05) is 5.32 Å². The van der Waals surface area contributed by atoms with E-state index in [1.165, 1.54) is 6.26 Å². The summed E-state index contributed by atoms with van der Waals surface area (Å²) in [6, 6.07) is 2.30. The monoisotopic (exact) mass is 401 g/mol. The predicted molar refractivity (Wildman–Crippen MR) is 109 cm³/mol. The molecule has 4 heterocycles. The van der Waals surface area contributed by atoms with Gasteiger partial charge in [0.2, 0.25) is 5.89 Å². The lowest BCUT2D eigenvalue weighted by Gasteiger charge is -2.22. The number of rotatable bonds is 5. The lowest BCUT2D eigenvalue weighted by atomic mass is 10.1. The Hall–Kier alpha value is -2.38. The van der Waals surface area contributed by atoms with Gasteiger partial charge in [-0.15, -0.1) is 11.3 Å². The van der Waals surface area contributed by atoms with Crippen molar-refractivity contribution in [3.05, 3.63) is 40.8 Å². The number of thiophene rings is 1. The highest BCUT2D eigenvalue weighted by Gasteiger charge is 2.24. The fraction of sp³-hybridized carbons (Fsp3) is 0.316. The summed E-state index contributed by atoms with van der Waals surface area (Å²) in [5, 5.41) is 10.7. The van der Waals surface area contributed by atoms with E-state index in [0.29, 0.717) is 28.2 Å². The molecule has 0 bridgehead atoms. The zero-order valence-electron chi connectivity index (χ0n) is 15.5.